The Bertz CT molecular complexity index is 565. The van der Waals surface area contributed by atoms with Crippen LogP contribution in [-0.4, -0.2) is 6.10 Å². The van der Waals surface area contributed by atoms with Crippen LogP contribution in [0.4, 0.5) is 0 Å². The first-order valence-corrected chi connectivity index (χ1v) is 7.63. The second-order valence-corrected chi connectivity index (χ2v) is 5.87. The molecule has 2 N–H and O–H groups in total. The van der Waals surface area contributed by atoms with Gasteiger partial charge in [-0.1, -0.05) is 49.4 Å². The molecule has 0 heterocycles. The molecule has 0 amide bonds. The van der Waals surface area contributed by atoms with E-state index in [4.69, 9.17) is 10.5 Å². The number of rotatable bonds is 6. The average Bonchev–Trinajstić information content (AvgIpc) is 2.48. The van der Waals surface area contributed by atoms with Crippen LogP contribution in [0.25, 0.3) is 0 Å². The van der Waals surface area contributed by atoms with Crippen molar-refractivity contribution in [3.63, 3.8) is 0 Å². The molecular weight excluding hydrogens is 258 g/mol. The molecule has 0 aliphatic rings. The predicted octanol–water partition coefficient (Wildman–Crippen LogP) is 4.28. The number of ether oxygens (including phenoxy) is 1. The van der Waals surface area contributed by atoms with Crippen LogP contribution in [0.3, 0.4) is 0 Å². The summed E-state index contributed by atoms with van der Waals surface area (Å²) in [7, 11) is 0. The summed E-state index contributed by atoms with van der Waals surface area (Å²) in [5, 5.41) is 0. The predicted molar refractivity (Wildman–Crippen MR) is 88.5 cm³/mol. The molecule has 1 atom stereocenters. The lowest BCUT2D eigenvalue weighted by Gasteiger charge is -2.29. The highest BCUT2D eigenvalue weighted by Crippen LogP contribution is 2.29. The topological polar surface area (TPSA) is 35.2 Å². The van der Waals surface area contributed by atoms with Gasteiger partial charge in [-0.2, -0.15) is 0 Å². The summed E-state index contributed by atoms with van der Waals surface area (Å²) in [5.41, 5.74) is 8.72. The lowest BCUT2D eigenvalue weighted by atomic mass is 9.82. The minimum Gasteiger partial charge on any atom is -0.491 e. The molecule has 0 aliphatic carbocycles. The third kappa shape index (κ3) is 4.08. The van der Waals surface area contributed by atoms with E-state index in [9.17, 15) is 0 Å². The van der Waals surface area contributed by atoms with E-state index in [1.54, 1.807) is 0 Å². The minimum absolute atomic E-state index is 0.170. The molecule has 0 radical (unpaired) electrons. The zero-order valence-corrected chi connectivity index (χ0v) is 13.2. The molecule has 0 saturated heterocycles. The first-order chi connectivity index (χ1) is 10.0. The van der Waals surface area contributed by atoms with Gasteiger partial charge in [-0.3, -0.25) is 0 Å². The van der Waals surface area contributed by atoms with Crippen LogP contribution < -0.4 is 10.5 Å². The van der Waals surface area contributed by atoms with Crippen molar-refractivity contribution in [1.82, 2.24) is 0 Å². The van der Waals surface area contributed by atoms with Gasteiger partial charge in [0.1, 0.15) is 5.75 Å². The van der Waals surface area contributed by atoms with E-state index < -0.39 is 0 Å². The number of nitrogens with two attached hydrogens (primary N) is 1. The van der Waals surface area contributed by atoms with Gasteiger partial charge < -0.3 is 10.5 Å². The smallest absolute Gasteiger partial charge is 0.120 e. The van der Waals surface area contributed by atoms with Gasteiger partial charge in [0, 0.05) is 5.54 Å². The van der Waals surface area contributed by atoms with Crippen LogP contribution >= 0.6 is 0 Å². The molecule has 2 aromatic rings. The van der Waals surface area contributed by atoms with E-state index in [0.29, 0.717) is 0 Å². The van der Waals surface area contributed by atoms with Gasteiger partial charge in [0.2, 0.25) is 0 Å². The van der Waals surface area contributed by atoms with Crippen molar-refractivity contribution in [3.8, 4) is 5.75 Å². The van der Waals surface area contributed by atoms with Crippen molar-refractivity contribution < 1.29 is 4.74 Å². The summed E-state index contributed by atoms with van der Waals surface area (Å²) in [4.78, 5) is 0. The molecule has 0 spiro atoms. The second kappa shape index (κ2) is 6.77. The van der Waals surface area contributed by atoms with Gasteiger partial charge in [0.15, 0.2) is 0 Å². The van der Waals surface area contributed by atoms with Crippen molar-refractivity contribution >= 4 is 0 Å². The van der Waals surface area contributed by atoms with Crippen LogP contribution in [-0.2, 0) is 12.0 Å². The maximum atomic E-state index is 6.69. The Morgan fingerprint density at radius 1 is 1.05 bits per heavy atom. The molecule has 2 aromatic carbocycles. The summed E-state index contributed by atoms with van der Waals surface area (Å²) in [5.74, 6) is 0.888. The van der Waals surface area contributed by atoms with Gasteiger partial charge in [0.05, 0.1) is 6.10 Å². The zero-order valence-electron chi connectivity index (χ0n) is 13.2. The summed E-state index contributed by atoms with van der Waals surface area (Å²) in [6, 6.07) is 18.6. The summed E-state index contributed by atoms with van der Waals surface area (Å²) < 4.78 is 5.79. The Hall–Kier alpha value is -1.80. The molecule has 21 heavy (non-hydrogen) atoms. The van der Waals surface area contributed by atoms with Crippen LogP contribution in [0, 0.1) is 0 Å². The molecule has 0 saturated carbocycles. The van der Waals surface area contributed by atoms with Gasteiger partial charge in [-0.25, -0.2) is 0 Å². The highest BCUT2D eigenvalue weighted by molar-refractivity contribution is 5.35. The molecule has 2 rings (SSSR count). The van der Waals surface area contributed by atoms with Crippen LogP contribution in [0.5, 0.6) is 5.75 Å². The highest BCUT2D eigenvalue weighted by Gasteiger charge is 2.26. The van der Waals surface area contributed by atoms with E-state index in [1.165, 1.54) is 5.56 Å². The zero-order chi connectivity index (χ0) is 15.3. The van der Waals surface area contributed by atoms with E-state index >= 15 is 0 Å². The van der Waals surface area contributed by atoms with E-state index in [-0.39, 0.29) is 11.6 Å². The molecular formula is C19H25NO. The Morgan fingerprint density at radius 2 is 1.76 bits per heavy atom. The highest BCUT2D eigenvalue weighted by atomic mass is 16.5. The first kappa shape index (κ1) is 15.6. The van der Waals surface area contributed by atoms with Crippen molar-refractivity contribution in [3.05, 3.63) is 65.7 Å². The number of benzene rings is 2. The van der Waals surface area contributed by atoms with Crippen molar-refractivity contribution in [1.29, 1.82) is 0 Å². The molecule has 112 valence electrons. The van der Waals surface area contributed by atoms with Crippen molar-refractivity contribution in [2.75, 3.05) is 0 Å². The molecule has 1 unspecified atom stereocenters. The van der Waals surface area contributed by atoms with Crippen molar-refractivity contribution in [2.45, 2.75) is 45.3 Å². The molecule has 0 aromatic heterocycles. The standard InChI is InChI=1S/C19H25NO/c1-4-19(20,14-16-9-6-5-7-10-16)17-11-8-12-18(13-17)21-15(2)3/h5-13,15H,4,14,20H2,1-3H3. The summed E-state index contributed by atoms with van der Waals surface area (Å²) in [6.45, 7) is 6.21. The fourth-order valence-electron chi connectivity index (χ4n) is 2.54. The van der Waals surface area contributed by atoms with Crippen LogP contribution in [0.2, 0.25) is 0 Å². The number of hydrogen-bond acceptors (Lipinski definition) is 2. The van der Waals surface area contributed by atoms with Gasteiger partial charge in [-0.05, 0) is 49.9 Å². The largest absolute Gasteiger partial charge is 0.491 e. The second-order valence-electron chi connectivity index (χ2n) is 5.87. The van der Waals surface area contributed by atoms with Gasteiger partial charge in [-0.15, -0.1) is 0 Å². The van der Waals surface area contributed by atoms with E-state index in [2.05, 4.69) is 43.3 Å². The average molecular weight is 283 g/mol. The molecule has 2 nitrogen and oxygen atoms in total. The van der Waals surface area contributed by atoms with Crippen LogP contribution in [0.15, 0.2) is 54.6 Å². The van der Waals surface area contributed by atoms with Gasteiger partial charge in [0.25, 0.3) is 0 Å². The molecule has 0 bridgehead atoms. The normalized spacial score (nSPS) is 14.0. The summed E-state index contributed by atoms with van der Waals surface area (Å²) >= 11 is 0. The van der Waals surface area contributed by atoms with Crippen molar-refractivity contribution in [2.24, 2.45) is 5.73 Å². The van der Waals surface area contributed by atoms with E-state index in [0.717, 1.165) is 24.2 Å². The third-order valence-corrected chi connectivity index (χ3v) is 3.77. The van der Waals surface area contributed by atoms with Gasteiger partial charge >= 0.3 is 0 Å². The van der Waals surface area contributed by atoms with E-state index in [1.807, 2.05) is 32.0 Å². The monoisotopic (exact) mass is 283 g/mol. The molecule has 2 heteroatoms. The quantitative estimate of drug-likeness (QED) is 0.858. The lowest BCUT2D eigenvalue weighted by Crippen LogP contribution is -2.38. The Labute approximate surface area is 127 Å². The van der Waals surface area contributed by atoms with Crippen LogP contribution in [0.1, 0.15) is 38.3 Å². The molecule has 0 fully saturated rings. The Kier molecular flexibility index (Phi) is 5.03. The third-order valence-electron chi connectivity index (χ3n) is 3.77. The Morgan fingerprint density at radius 3 is 2.38 bits per heavy atom. The number of hydrogen-bond donors (Lipinski definition) is 1. The summed E-state index contributed by atoms with van der Waals surface area (Å²) in [6.07, 6.45) is 1.88. The maximum absolute atomic E-state index is 6.69. The lowest BCUT2D eigenvalue weighted by molar-refractivity contribution is 0.241. The maximum Gasteiger partial charge on any atom is 0.120 e. The fraction of sp³-hybridized carbons (Fsp3) is 0.368. The first-order valence-electron chi connectivity index (χ1n) is 7.63. The molecule has 0 aliphatic heterocycles. The SMILES string of the molecule is CCC(N)(Cc1ccccc1)c1cccc(OC(C)C)c1. The fourth-order valence-corrected chi connectivity index (χ4v) is 2.54. The minimum atomic E-state index is -0.363. The Balaban J connectivity index is 2.27.